The van der Waals surface area contributed by atoms with Crippen molar-refractivity contribution in [2.45, 2.75) is 238 Å². The van der Waals surface area contributed by atoms with E-state index in [1.54, 1.807) is 41.1 Å². The van der Waals surface area contributed by atoms with E-state index in [0.717, 1.165) is 31.3 Å². The SMILES string of the molecule is CCCCCCCCCC(=O)O[C@@H]1CC[C@@H](C[C@@H](C)[C@@H]2CC(=O)[C@H](C)/C=C(\C)[C@@H](O)C(OC)C(=O)[C@H](C)C[C@H](C)/C=C/C=C/C=C(\C)C(OC)C[C@@H]3CC[C@@H](C)[C@@](O)(O3)C(=O)C(=O)N3CCCC[C@H]3C(=O)O2)C[C@H]1OC. The largest absolute Gasteiger partial charge is 0.460 e. The molecule has 1 aliphatic carbocycles. The maximum Gasteiger partial charge on any atom is 0.329 e. The lowest BCUT2D eigenvalue weighted by Gasteiger charge is -2.42. The maximum absolute atomic E-state index is 14.6. The number of cyclic esters (lactones) is 1. The third-order valence-corrected chi connectivity index (χ3v) is 16.7. The van der Waals surface area contributed by atoms with Crippen molar-refractivity contribution in [3.8, 4) is 0 Å². The normalized spacial score (nSPS) is 36.2. The first-order valence-electron chi connectivity index (χ1n) is 28.9. The van der Waals surface area contributed by atoms with E-state index in [1.807, 2.05) is 58.1 Å². The van der Waals surface area contributed by atoms with Gasteiger partial charge in [-0.15, -0.1) is 0 Å². The van der Waals surface area contributed by atoms with Crippen LogP contribution in [-0.2, 0) is 57.2 Å². The number of aliphatic hydroxyl groups is 2. The van der Waals surface area contributed by atoms with Gasteiger partial charge in [-0.25, -0.2) is 4.79 Å². The number of ketones is 3. The van der Waals surface area contributed by atoms with Crippen LogP contribution >= 0.6 is 0 Å². The van der Waals surface area contributed by atoms with Crippen molar-refractivity contribution in [2.75, 3.05) is 27.9 Å². The third kappa shape index (κ3) is 18.9. The van der Waals surface area contributed by atoms with Crippen LogP contribution in [0.15, 0.2) is 47.6 Å². The number of carbonyl (C=O) groups excluding carboxylic acids is 6. The second kappa shape index (κ2) is 32.3. The second-order valence-corrected chi connectivity index (χ2v) is 22.9. The Labute approximate surface area is 455 Å². The van der Waals surface area contributed by atoms with E-state index in [9.17, 15) is 39.0 Å². The molecular formula is C61H97NO14. The lowest BCUT2D eigenvalue weighted by molar-refractivity contribution is -0.265. The summed E-state index contributed by atoms with van der Waals surface area (Å²) >= 11 is 0. The summed E-state index contributed by atoms with van der Waals surface area (Å²) < 4.78 is 35.9. The van der Waals surface area contributed by atoms with Gasteiger partial charge in [0, 0.05) is 64.9 Å². The summed E-state index contributed by atoms with van der Waals surface area (Å²) in [5.41, 5.74) is 1.26. The van der Waals surface area contributed by atoms with Crippen LogP contribution in [0.4, 0.5) is 0 Å². The molecule has 1 saturated carbocycles. The molecule has 15 nitrogen and oxygen atoms in total. The Bertz CT molecular complexity index is 2010. The molecule has 0 radical (unpaired) electrons. The van der Waals surface area contributed by atoms with Crippen LogP contribution in [0, 0.1) is 35.5 Å². The number of amides is 1. The number of nitrogens with zero attached hydrogens (tertiary/aromatic N) is 1. The zero-order chi connectivity index (χ0) is 56.1. The molecule has 0 aromatic carbocycles. The number of hydrogen-bond donors (Lipinski definition) is 2. The molecule has 3 heterocycles. The minimum absolute atomic E-state index is 0.00948. The number of carbonyl (C=O) groups is 6. The fourth-order valence-electron chi connectivity index (χ4n) is 11.7. The fourth-order valence-corrected chi connectivity index (χ4v) is 11.7. The van der Waals surface area contributed by atoms with Crippen molar-refractivity contribution in [1.82, 2.24) is 4.90 Å². The van der Waals surface area contributed by atoms with Gasteiger partial charge in [-0.05, 0) is 113 Å². The first kappa shape index (κ1) is 64.7. The van der Waals surface area contributed by atoms with Gasteiger partial charge < -0.3 is 43.5 Å². The molecule has 1 amide bonds. The Balaban J connectivity index is 1.63. The summed E-state index contributed by atoms with van der Waals surface area (Å²) in [5, 5.41) is 23.6. The van der Waals surface area contributed by atoms with Crippen LogP contribution < -0.4 is 0 Å². The van der Waals surface area contributed by atoms with Gasteiger partial charge in [-0.3, -0.25) is 24.0 Å². The molecule has 0 spiro atoms. The average Bonchev–Trinajstić information content (AvgIpc) is 3.40. The highest BCUT2D eigenvalue weighted by Crippen LogP contribution is 2.38. The molecule has 3 fully saturated rings. The smallest absolute Gasteiger partial charge is 0.329 e. The van der Waals surface area contributed by atoms with Gasteiger partial charge in [0.1, 0.15) is 36.2 Å². The van der Waals surface area contributed by atoms with E-state index in [-0.39, 0.29) is 66.9 Å². The van der Waals surface area contributed by atoms with Crippen molar-refractivity contribution in [3.63, 3.8) is 0 Å². The van der Waals surface area contributed by atoms with Gasteiger partial charge >= 0.3 is 11.9 Å². The minimum Gasteiger partial charge on any atom is -0.460 e. The van der Waals surface area contributed by atoms with E-state index in [2.05, 4.69) is 6.92 Å². The van der Waals surface area contributed by atoms with E-state index in [4.69, 9.17) is 28.4 Å². The second-order valence-electron chi connectivity index (χ2n) is 22.9. The average molecular weight is 1070 g/mol. The zero-order valence-corrected chi connectivity index (χ0v) is 48.1. The predicted octanol–water partition coefficient (Wildman–Crippen LogP) is 9.87. The topological polar surface area (TPSA) is 201 Å². The molecule has 15 atom stereocenters. The minimum atomic E-state index is -2.44. The monoisotopic (exact) mass is 1070 g/mol. The van der Waals surface area contributed by atoms with Gasteiger partial charge in [0.2, 0.25) is 5.79 Å². The van der Waals surface area contributed by atoms with E-state index in [1.165, 1.54) is 37.7 Å². The van der Waals surface area contributed by atoms with Gasteiger partial charge in [0.25, 0.3) is 11.7 Å². The number of esters is 2. The highest BCUT2D eigenvalue weighted by atomic mass is 16.6. The van der Waals surface area contributed by atoms with Crippen molar-refractivity contribution in [2.24, 2.45) is 35.5 Å². The van der Waals surface area contributed by atoms with Crippen molar-refractivity contribution >= 4 is 35.2 Å². The standard InChI is InChI=1S/C61H97NO14/c1-12-13-14-15-16-17-21-27-54(64)74-50-31-29-46(36-53(50)72-10)35-42(5)52-38-49(63)41(4)34-44(7)56(66)57(73-11)55(65)43(6)33-39(2)24-19-18-20-25-40(3)51(71-9)37-47-30-28-45(8)61(70,76-47)58(67)59(68)62-32-23-22-26-48(62)60(69)75-52/h18-20,24-25,34,39,41-43,45-48,50-53,56-57,66,70H,12-17,21-23,26-33,35-38H2,1-11H3/b20-18+,24-19+,40-25+,44-34+/t39-,41-,42-,43-,45-,46+,47+,48+,50-,51?,52+,53-,56-,57?,61-/m1/s1. The molecular weight excluding hydrogens is 971 g/mol. The van der Waals surface area contributed by atoms with E-state index >= 15 is 0 Å². The molecule has 2 saturated heterocycles. The Morgan fingerprint density at radius 1 is 0.816 bits per heavy atom. The first-order valence-corrected chi connectivity index (χ1v) is 28.9. The highest BCUT2D eigenvalue weighted by molar-refractivity contribution is 6.39. The number of methoxy groups -OCH3 is 3. The predicted molar refractivity (Wildman–Crippen MR) is 292 cm³/mol. The molecule has 3 aliphatic heterocycles. The highest BCUT2D eigenvalue weighted by Gasteiger charge is 2.53. The number of Topliss-reactive ketones (excluding diaryl/α,β-unsaturated/α-hetero) is 3. The Hall–Kier alpha value is -3.86. The number of ether oxygens (including phenoxy) is 6. The number of fused-ring (bicyclic) bond motifs is 3. The molecule has 2 bridgehead atoms. The van der Waals surface area contributed by atoms with Crippen LogP contribution in [0.3, 0.4) is 0 Å². The van der Waals surface area contributed by atoms with Gasteiger partial charge in [-0.1, -0.05) is 117 Å². The quantitative estimate of drug-likeness (QED) is 0.0679. The lowest BCUT2D eigenvalue weighted by Crippen LogP contribution is -2.61. The van der Waals surface area contributed by atoms with Crippen LogP contribution in [0.25, 0.3) is 0 Å². The molecule has 0 aromatic heterocycles. The number of hydrogen-bond acceptors (Lipinski definition) is 14. The molecule has 2 unspecified atom stereocenters. The first-order chi connectivity index (χ1) is 36.2. The molecule has 15 heteroatoms. The Kier molecular flexibility index (Phi) is 27.5. The van der Waals surface area contributed by atoms with Gasteiger partial charge in [0.05, 0.1) is 18.3 Å². The lowest BCUT2D eigenvalue weighted by atomic mass is 9.78. The Morgan fingerprint density at radius 3 is 2.21 bits per heavy atom. The van der Waals surface area contributed by atoms with Crippen molar-refractivity contribution in [3.05, 3.63) is 47.6 Å². The number of unbranched alkanes of at least 4 members (excludes halogenated alkanes) is 6. The maximum atomic E-state index is 14.6. The van der Waals surface area contributed by atoms with E-state index < -0.39 is 77.8 Å². The number of aliphatic hydroxyl groups excluding tert-OH is 1. The fraction of sp³-hybridized carbons (Fsp3) is 0.770. The summed E-state index contributed by atoms with van der Waals surface area (Å²) in [7, 11) is 4.58. The van der Waals surface area contributed by atoms with Gasteiger partial charge in [0.15, 0.2) is 5.78 Å². The number of allylic oxidation sites excluding steroid dienone is 6. The molecule has 76 heavy (non-hydrogen) atoms. The molecule has 4 aliphatic rings. The van der Waals surface area contributed by atoms with Crippen molar-refractivity contribution < 1.29 is 67.4 Å². The Morgan fingerprint density at radius 2 is 1.53 bits per heavy atom. The molecule has 430 valence electrons. The van der Waals surface area contributed by atoms with Gasteiger partial charge in [-0.2, -0.15) is 0 Å². The van der Waals surface area contributed by atoms with Crippen LogP contribution in [0.1, 0.15) is 184 Å². The number of rotatable bonds is 15. The summed E-state index contributed by atoms with van der Waals surface area (Å²) in [6, 6.07) is -1.16. The van der Waals surface area contributed by atoms with Crippen LogP contribution in [0.2, 0.25) is 0 Å². The molecule has 4 rings (SSSR count). The third-order valence-electron chi connectivity index (χ3n) is 16.7. The summed E-state index contributed by atoms with van der Waals surface area (Å²) in [4.78, 5) is 85.6. The molecule has 0 aromatic rings. The number of piperidine rings is 1. The van der Waals surface area contributed by atoms with Crippen LogP contribution in [-0.4, -0.2) is 133 Å². The summed E-state index contributed by atoms with van der Waals surface area (Å²) in [6.45, 7) is 15.0. The zero-order valence-electron chi connectivity index (χ0n) is 48.1. The summed E-state index contributed by atoms with van der Waals surface area (Å²) in [5.74, 6) is -8.36. The molecule has 2 N–H and O–H groups in total. The summed E-state index contributed by atoms with van der Waals surface area (Å²) in [6.07, 6.45) is 19.3. The van der Waals surface area contributed by atoms with E-state index in [0.29, 0.717) is 69.8 Å². The van der Waals surface area contributed by atoms with Crippen LogP contribution in [0.5, 0.6) is 0 Å². The van der Waals surface area contributed by atoms with Crippen molar-refractivity contribution in [1.29, 1.82) is 0 Å².